The Morgan fingerprint density at radius 3 is 1.69 bits per heavy atom. The Bertz CT molecular complexity index is 915. The topological polar surface area (TPSA) is 103 Å². The Morgan fingerprint density at radius 2 is 1.20 bits per heavy atom. The minimum atomic E-state index is -2.42. The van der Waals surface area contributed by atoms with E-state index in [1.165, 1.54) is 20.8 Å². The first-order valence-electron chi connectivity index (χ1n) is 10.6. The lowest BCUT2D eigenvalue weighted by atomic mass is 10.1. The minimum absolute atomic E-state index is 0.126. The van der Waals surface area contributed by atoms with E-state index in [2.05, 4.69) is 15.4 Å². The average molecular weight is 512 g/mol. The number of benzene rings is 1. The normalized spacial score (nSPS) is 12.5. The highest BCUT2D eigenvalue weighted by atomic mass is 19.2. The standard InChI is InChI=1S/C22H29F5N2O6/c1-21(2,3)34-19(31)28-10-8-7-9-11(29-20(32)35-22(4,5)6)18(30)33-17-15(26)13(24)12(23)14(25)16(17)27/h11H,7-10H2,1-6H3,(H,28,31)(H,29,32). The van der Waals surface area contributed by atoms with Crippen molar-refractivity contribution in [3.63, 3.8) is 0 Å². The highest BCUT2D eigenvalue weighted by Gasteiger charge is 2.32. The van der Waals surface area contributed by atoms with Crippen molar-refractivity contribution in [2.75, 3.05) is 6.54 Å². The second-order valence-corrected chi connectivity index (χ2v) is 9.44. The number of ether oxygens (including phenoxy) is 3. The van der Waals surface area contributed by atoms with E-state index in [1.54, 1.807) is 20.8 Å². The fourth-order valence-corrected chi connectivity index (χ4v) is 2.52. The number of amides is 2. The molecule has 198 valence electrons. The second-order valence-electron chi connectivity index (χ2n) is 9.44. The zero-order valence-electron chi connectivity index (χ0n) is 20.2. The van der Waals surface area contributed by atoms with Crippen LogP contribution in [0.2, 0.25) is 0 Å². The van der Waals surface area contributed by atoms with Gasteiger partial charge in [0.15, 0.2) is 0 Å². The fourth-order valence-electron chi connectivity index (χ4n) is 2.52. The van der Waals surface area contributed by atoms with E-state index >= 15 is 0 Å². The van der Waals surface area contributed by atoms with Crippen molar-refractivity contribution >= 4 is 18.2 Å². The zero-order valence-corrected chi connectivity index (χ0v) is 20.2. The van der Waals surface area contributed by atoms with E-state index in [-0.39, 0.29) is 25.8 Å². The molecule has 2 amide bonds. The molecule has 0 bridgehead atoms. The molecule has 0 saturated heterocycles. The van der Waals surface area contributed by atoms with Crippen molar-refractivity contribution in [1.29, 1.82) is 0 Å². The van der Waals surface area contributed by atoms with Gasteiger partial charge in [0, 0.05) is 6.54 Å². The molecule has 1 unspecified atom stereocenters. The van der Waals surface area contributed by atoms with Gasteiger partial charge in [-0.1, -0.05) is 0 Å². The van der Waals surface area contributed by atoms with Gasteiger partial charge in [0.05, 0.1) is 0 Å². The summed E-state index contributed by atoms with van der Waals surface area (Å²) in [6, 6.07) is -1.57. The molecule has 8 nitrogen and oxygen atoms in total. The van der Waals surface area contributed by atoms with Crippen LogP contribution in [-0.4, -0.2) is 41.9 Å². The molecule has 0 heterocycles. The van der Waals surface area contributed by atoms with Crippen molar-refractivity contribution in [2.24, 2.45) is 0 Å². The van der Waals surface area contributed by atoms with Crippen LogP contribution in [0.5, 0.6) is 5.75 Å². The maximum absolute atomic E-state index is 13.9. The minimum Gasteiger partial charge on any atom is -0.444 e. The number of nitrogens with one attached hydrogen (secondary N) is 2. The van der Waals surface area contributed by atoms with Gasteiger partial charge in [0.25, 0.3) is 0 Å². The van der Waals surface area contributed by atoms with E-state index in [0.29, 0.717) is 0 Å². The third kappa shape index (κ3) is 9.95. The molecule has 1 atom stereocenters. The molecule has 35 heavy (non-hydrogen) atoms. The number of hydrogen-bond donors (Lipinski definition) is 2. The Balaban J connectivity index is 2.90. The van der Waals surface area contributed by atoms with Crippen LogP contribution in [0.25, 0.3) is 0 Å². The summed E-state index contributed by atoms with van der Waals surface area (Å²) in [6.07, 6.45) is -1.48. The van der Waals surface area contributed by atoms with Crippen molar-refractivity contribution in [1.82, 2.24) is 10.6 Å². The van der Waals surface area contributed by atoms with Gasteiger partial charge in [0.2, 0.25) is 34.8 Å². The lowest BCUT2D eigenvalue weighted by Gasteiger charge is -2.23. The molecule has 0 aliphatic heterocycles. The molecule has 0 spiro atoms. The molecule has 1 aromatic carbocycles. The first-order valence-corrected chi connectivity index (χ1v) is 10.6. The number of carbonyl (C=O) groups excluding carboxylic acids is 3. The largest absolute Gasteiger partial charge is 0.444 e. The van der Waals surface area contributed by atoms with Crippen LogP contribution in [0, 0.1) is 29.1 Å². The van der Waals surface area contributed by atoms with Gasteiger partial charge in [0.1, 0.15) is 17.2 Å². The van der Waals surface area contributed by atoms with Crippen LogP contribution < -0.4 is 15.4 Å². The number of rotatable bonds is 8. The molecular weight excluding hydrogens is 483 g/mol. The predicted molar refractivity (Wildman–Crippen MR) is 113 cm³/mol. The Morgan fingerprint density at radius 1 is 0.743 bits per heavy atom. The maximum Gasteiger partial charge on any atom is 0.408 e. The van der Waals surface area contributed by atoms with Crippen LogP contribution in [-0.2, 0) is 14.3 Å². The molecule has 0 aliphatic carbocycles. The smallest absolute Gasteiger partial charge is 0.408 e. The first-order chi connectivity index (χ1) is 15.9. The van der Waals surface area contributed by atoms with Gasteiger partial charge in [-0.3, -0.25) is 0 Å². The van der Waals surface area contributed by atoms with E-state index in [9.17, 15) is 36.3 Å². The number of carbonyl (C=O) groups is 3. The van der Waals surface area contributed by atoms with Crippen molar-refractivity contribution in [3.8, 4) is 5.75 Å². The molecule has 0 aromatic heterocycles. The summed E-state index contributed by atoms with van der Waals surface area (Å²) in [5.41, 5.74) is -1.67. The van der Waals surface area contributed by atoms with E-state index in [4.69, 9.17) is 9.47 Å². The Kier molecular flexibility index (Phi) is 10.3. The highest BCUT2D eigenvalue weighted by molar-refractivity contribution is 5.83. The number of hydrogen-bond acceptors (Lipinski definition) is 6. The molecular formula is C22H29F5N2O6. The van der Waals surface area contributed by atoms with Crippen LogP contribution in [0.1, 0.15) is 60.8 Å². The summed E-state index contributed by atoms with van der Waals surface area (Å²) >= 11 is 0. The fraction of sp³-hybridized carbons (Fsp3) is 0.591. The molecule has 0 saturated carbocycles. The SMILES string of the molecule is CC(C)(C)OC(=O)NCCCCC(NC(=O)OC(C)(C)C)C(=O)Oc1c(F)c(F)c(F)c(F)c1F. The Labute approximate surface area is 199 Å². The first kappa shape index (κ1) is 29.9. The van der Waals surface area contributed by atoms with E-state index in [0.717, 1.165) is 0 Å². The quantitative estimate of drug-likeness (QED) is 0.129. The van der Waals surface area contributed by atoms with E-state index < -0.39 is 70.2 Å². The lowest BCUT2D eigenvalue weighted by molar-refractivity contribution is -0.137. The average Bonchev–Trinajstić information content (AvgIpc) is 2.70. The Hall–Kier alpha value is -3.12. The summed E-state index contributed by atoms with van der Waals surface area (Å²) in [7, 11) is 0. The lowest BCUT2D eigenvalue weighted by Crippen LogP contribution is -2.45. The van der Waals surface area contributed by atoms with Gasteiger partial charge in [-0.2, -0.15) is 8.78 Å². The monoisotopic (exact) mass is 512 g/mol. The molecule has 2 N–H and O–H groups in total. The third-order valence-electron chi connectivity index (χ3n) is 3.94. The summed E-state index contributed by atoms with van der Waals surface area (Å²) in [4.78, 5) is 36.2. The number of halogens is 5. The molecule has 0 radical (unpaired) electrons. The van der Waals surface area contributed by atoms with E-state index in [1.807, 2.05) is 0 Å². The van der Waals surface area contributed by atoms with Crippen molar-refractivity contribution in [2.45, 2.75) is 78.0 Å². The van der Waals surface area contributed by atoms with Crippen LogP contribution in [0.15, 0.2) is 0 Å². The van der Waals surface area contributed by atoms with Crippen LogP contribution >= 0.6 is 0 Å². The molecule has 0 fully saturated rings. The second kappa shape index (κ2) is 12.0. The molecule has 0 aliphatic rings. The third-order valence-corrected chi connectivity index (χ3v) is 3.94. The summed E-state index contributed by atoms with van der Waals surface area (Å²) < 4.78 is 82.4. The van der Waals surface area contributed by atoms with Crippen molar-refractivity contribution in [3.05, 3.63) is 29.1 Å². The summed E-state index contributed by atoms with van der Waals surface area (Å²) in [6.45, 7) is 9.77. The van der Waals surface area contributed by atoms with Crippen LogP contribution in [0.4, 0.5) is 31.5 Å². The number of alkyl carbamates (subject to hydrolysis) is 2. The van der Waals surface area contributed by atoms with Crippen molar-refractivity contribution < 1.29 is 50.5 Å². The summed E-state index contributed by atoms with van der Waals surface area (Å²) in [5.74, 6) is -15.0. The van der Waals surface area contributed by atoms with Gasteiger partial charge < -0.3 is 24.8 Å². The van der Waals surface area contributed by atoms with Gasteiger partial charge in [-0.25, -0.2) is 27.6 Å². The molecule has 1 aromatic rings. The number of unbranched alkanes of at least 4 members (excludes halogenated alkanes) is 1. The number of esters is 1. The maximum atomic E-state index is 13.9. The predicted octanol–water partition coefficient (Wildman–Crippen LogP) is 4.88. The van der Waals surface area contributed by atoms with Gasteiger partial charge >= 0.3 is 18.2 Å². The zero-order chi connectivity index (χ0) is 27.1. The highest BCUT2D eigenvalue weighted by Crippen LogP contribution is 2.29. The molecule has 1 rings (SSSR count). The summed E-state index contributed by atoms with van der Waals surface area (Å²) in [5, 5.41) is 4.63. The van der Waals surface area contributed by atoms with Gasteiger partial charge in [-0.15, -0.1) is 0 Å². The van der Waals surface area contributed by atoms with Gasteiger partial charge in [-0.05, 0) is 60.8 Å². The molecule has 13 heteroatoms. The van der Waals surface area contributed by atoms with Crippen LogP contribution in [0.3, 0.4) is 0 Å².